The fourth-order valence-corrected chi connectivity index (χ4v) is 2.41. The average molecular weight is 324 g/mol. The Kier molecular flexibility index (Phi) is 4.29. The zero-order valence-electron chi connectivity index (χ0n) is 13.2. The molecule has 0 saturated carbocycles. The number of pyridine rings is 1. The smallest absolute Gasteiger partial charge is 0.419 e. The van der Waals surface area contributed by atoms with Gasteiger partial charge in [0.05, 0.1) is 24.4 Å². The van der Waals surface area contributed by atoms with E-state index in [0.717, 1.165) is 16.5 Å². The number of para-hydroxylation sites is 1. The third-order valence-electron chi connectivity index (χ3n) is 3.70. The second-order valence-corrected chi connectivity index (χ2v) is 5.26. The van der Waals surface area contributed by atoms with Crippen molar-refractivity contribution in [1.82, 2.24) is 9.55 Å². The molecule has 1 aromatic carbocycles. The van der Waals surface area contributed by atoms with E-state index in [1.807, 2.05) is 30.3 Å². The molecule has 0 aliphatic carbocycles. The monoisotopic (exact) mass is 324 g/mol. The zero-order chi connectivity index (χ0) is 17.1. The van der Waals surface area contributed by atoms with Crippen molar-refractivity contribution in [3.8, 4) is 0 Å². The summed E-state index contributed by atoms with van der Waals surface area (Å²) in [6.45, 7) is 4.03. The van der Waals surface area contributed by atoms with Crippen LogP contribution in [-0.4, -0.2) is 22.6 Å². The molecule has 0 N–H and O–H groups in total. The number of aromatic nitrogens is 2. The number of benzene rings is 1. The summed E-state index contributed by atoms with van der Waals surface area (Å²) in [6.07, 6.45) is 3.49. The van der Waals surface area contributed by atoms with Gasteiger partial charge in [-0.3, -0.25) is 14.3 Å². The molecule has 122 valence electrons. The molecule has 6 nitrogen and oxygen atoms in total. The first kappa shape index (κ1) is 15.7. The molecule has 6 heteroatoms. The number of hydrogen-bond donors (Lipinski definition) is 0. The van der Waals surface area contributed by atoms with Crippen LogP contribution in [0.4, 0.5) is 0 Å². The number of fused-ring (bicyclic) bond motifs is 1. The highest BCUT2D eigenvalue weighted by Crippen LogP contribution is 2.12. The number of esters is 1. The van der Waals surface area contributed by atoms with Gasteiger partial charge in [0.25, 0.3) is 0 Å². The Morgan fingerprint density at radius 2 is 2.21 bits per heavy atom. The highest BCUT2D eigenvalue weighted by Gasteiger charge is 2.07. The van der Waals surface area contributed by atoms with Crippen molar-refractivity contribution < 1.29 is 13.9 Å². The number of oxazole rings is 1. The first-order chi connectivity index (χ1) is 11.6. The van der Waals surface area contributed by atoms with Crippen LogP contribution in [0.3, 0.4) is 0 Å². The highest BCUT2D eigenvalue weighted by molar-refractivity contribution is 5.80. The van der Waals surface area contributed by atoms with E-state index in [9.17, 15) is 9.59 Å². The topological polar surface area (TPSA) is 74.3 Å². The van der Waals surface area contributed by atoms with Crippen LogP contribution in [0.25, 0.3) is 23.6 Å². The summed E-state index contributed by atoms with van der Waals surface area (Å²) in [5.74, 6) is -0.948. The van der Waals surface area contributed by atoms with E-state index in [-0.39, 0.29) is 13.0 Å². The van der Waals surface area contributed by atoms with E-state index in [0.29, 0.717) is 10.8 Å². The third kappa shape index (κ3) is 3.12. The van der Waals surface area contributed by atoms with Crippen LogP contribution < -0.4 is 16.5 Å². The maximum absolute atomic E-state index is 11.9. The summed E-state index contributed by atoms with van der Waals surface area (Å²) in [7, 11) is 1.30. The van der Waals surface area contributed by atoms with Gasteiger partial charge >= 0.3 is 11.7 Å². The lowest BCUT2D eigenvalue weighted by Gasteiger charge is -1.99. The molecule has 0 aliphatic heterocycles. The predicted molar refractivity (Wildman–Crippen MR) is 89.7 cm³/mol. The van der Waals surface area contributed by atoms with Crippen LogP contribution in [0.2, 0.25) is 0 Å². The van der Waals surface area contributed by atoms with Crippen molar-refractivity contribution in [2.45, 2.75) is 13.0 Å². The van der Waals surface area contributed by atoms with E-state index in [4.69, 9.17) is 4.42 Å². The molecule has 0 radical (unpaired) electrons. The van der Waals surface area contributed by atoms with E-state index in [1.54, 1.807) is 12.3 Å². The first-order valence-electron chi connectivity index (χ1n) is 7.40. The summed E-state index contributed by atoms with van der Waals surface area (Å²) in [5, 5.41) is 1.40. The standard InChI is InChI=1S/C18H16N2O4/c1-12-16(24-18(22)20(12)8-7-17(21)23-2)10-13-9-14-5-3-4-6-15(14)19-11-13/h3-6,9-11H,1,7-8H2,2H3/b16-10+. The fourth-order valence-electron chi connectivity index (χ4n) is 2.41. The lowest BCUT2D eigenvalue weighted by Crippen LogP contribution is -2.31. The van der Waals surface area contributed by atoms with Crippen LogP contribution in [0.15, 0.2) is 45.7 Å². The normalized spacial score (nSPS) is 11.8. The van der Waals surface area contributed by atoms with Crippen molar-refractivity contribution in [1.29, 1.82) is 0 Å². The molecule has 0 atom stereocenters. The van der Waals surface area contributed by atoms with Gasteiger partial charge in [-0.2, -0.15) is 0 Å². The fraction of sp³-hybridized carbons (Fsp3) is 0.167. The van der Waals surface area contributed by atoms with Crippen molar-refractivity contribution in [2.24, 2.45) is 0 Å². The van der Waals surface area contributed by atoms with Crippen molar-refractivity contribution in [3.63, 3.8) is 0 Å². The Labute approximate surface area is 137 Å². The third-order valence-corrected chi connectivity index (χ3v) is 3.70. The van der Waals surface area contributed by atoms with E-state index in [2.05, 4.69) is 16.3 Å². The minimum Gasteiger partial charge on any atom is -0.469 e. The molecule has 0 bridgehead atoms. The Balaban J connectivity index is 1.99. The van der Waals surface area contributed by atoms with Gasteiger partial charge in [0.15, 0.2) is 5.42 Å². The van der Waals surface area contributed by atoms with Crippen LogP contribution in [0.1, 0.15) is 12.0 Å². The zero-order valence-corrected chi connectivity index (χ0v) is 13.2. The SMILES string of the molecule is C=c1/c(=C\c2cnc3ccccc3c2)oc(=O)n1CCC(=O)OC. The second kappa shape index (κ2) is 6.54. The largest absolute Gasteiger partial charge is 0.469 e. The molecule has 2 aromatic heterocycles. The molecule has 24 heavy (non-hydrogen) atoms. The van der Waals surface area contributed by atoms with Gasteiger partial charge in [-0.15, -0.1) is 0 Å². The number of ether oxygens (including phenoxy) is 1. The Morgan fingerprint density at radius 1 is 1.42 bits per heavy atom. The molecule has 0 spiro atoms. The predicted octanol–water partition coefficient (Wildman–Crippen LogP) is 0.792. The molecular formula is C18H16N2O4. The molecular weight excluding hydrogens is 308 g/mol. The number of hydrogen-bond acceptors (Lipinski definition) is 5. The van der Waals surface area contributed by atoms with Crippen molar-refractivity contribution >= 4 is 29.5 Å². The number of carbonyl (C=O) groups is 1. The number of rotatable bonds is 4. The molecule has 0 aliphatic rings. The number of carbonyl (C=O) groups excluding carboxylic acids is 1. The van der Waals surface area contributed by atoms with Gasteiger partial charge in [0.1, 0.15) is 0 Å². The Bertz CT molecular complexity index is 1060. The quantitative estimate of drug-likeness (QED) is 0.664. The molecule has 0 amide bonds. The minimum atomic E-state index is -0.552. The van der Waals surface area contributed by atoms with E-state index in [1.165, 1.54) is 11.7 Å². The summed E-state index contributed by atoms with van der Waals surface area (Å²) >= 11 is 0. The maximum Gasteiger partial charge on any atom is 0.419 e. The van der Waals surface area contributed by atoms with Crippen molar-refractivity contribution in [3.05, 3.63) is 63.4 Å². The summed E-state index contributed by atoms with van der Waals surface area (Å²) in [6, 6.07) is 9.70. The van der Waals surface area contributed by atoms with Crippen LogP contribution in [0, 0.1) is 0 Å². The van der Waals surface area contributed by atoms with Gasteiger partial charge in [-0.05, 0) is 23.8 Å². The van der Waals surface area contributed by atoms with E-state index >= 15 is 0 Å². The van der Waals surface area contributed by atoms with Crippen LogP contribution in [-0.2, 0) is 16.1 Å². The molecule has 0 unspecified atom stereocenters. The highest BCUT2D eigenvalue weighted by atomic mass is 16.5. The van der Waals surface area contributed by atoms with Gasteiger partial charge in [0, 0.05) is 18.1 Å². The molecule has 2 heterocycles. The van der Waals surface area contributed by atoms with Crippen LogP contribution >= 0.6 is 0 Å². The van der Waals surface area contributed by atoms with Gasteiger partial charge in [0.2, 0.25) is 0 Å². The summed E-state index contributed by atoms with van der Waals surface area (Å²) in [4.78, 5) is 27.5. The molecule has 0 saturated heterocycles. The molecule has 3 rings (SSSR count). The lowest BCUT2D eigenvalue weighted by molar-refractivity contribution is -0.140. The number of nitrogens with zero attached hydrogens (tertiary/aromatic N) is 2. The summed E-state index contributed by atoms with van der Waals surface area (Å²) < 4.78 is 11.1. The van der Waals surface area contributed by atoms with Gasteiger partial charge in [-0.25, -0.2) is 4.79 Å². The van der Waals surface area contributed by atoms with Gasteiger partial charge in [-0.1, -0.05) is 24.8 Å². The minimum absolute atomic E-state index is 0.0788. The maximum atomic E-state index is 11.9. The lowest BCUT2D eigenvalue weighted by atomic mass is 10.1. The van der Waals surface area contributed by atoms with Crippen LogP contribution in [0.5, 0.6) is 0 Å². The molecule has 0 fully saturated rings. The Hall–Kier alpha value is -3.15. The van der Waals surface area contributed by atoms with Gasteiger partial charge < -0.3 is 9.15 Å². The van der Waals surface area contributed by atoms with Crippen molar-refractivity contribution in [2.75, 3.05) is 7.11 Å². The molecule has 3 aromatic rings. The Morgan fingerprint density at radius 3 is 3.00 bits per heavy atom. The first-order valence-corrected chi connectivity index (χ1v) is 7.40. The second-order valence-electron chi connectivity index (χ2n) is 5.26. The van der Waals surface area contributed by atoms with E-state index < -0.39 is 11.7 Å². The summed E-state index contributed by atoms with van der Waals surface area (Å²) in [5.41, 5.74) is 2.04. The average Bonchev–Trinajstić information content (AvgIpc) is 2.86. The number of methoxy groups -OCH3 is 1.